The van der Waals surface area contributed by atoms with Gasteiger partial charge in [-0.05, 0) is 56.6 Å². The number of nitrogens with zero attached hydrogens (tertiary/aromatic N) is 6. The molecule has 5 heterocycles. The fourth-order valence-electron chi connectivity index (χ4n) is 3.93. The summed E-state index contributed by atoms with van der Waals surface area (Å²) in [5.41, 5.74) is 2.51. The molecule has 4 aromatic rings. The van der Waals surface area contributed by atoms with Crippen molar-refractivity contribution in [1.29, 1.82) is 0 Å². The summed E-state index contributed by atoms with van der Waals surface area (Å²) in [6.45, 7) is 4.20. The number of hydrogen-bond acceptors (Lipinski definition) is 11. The largest absolute Gasteiger partial charge is 0.462 e. The summed E-state index contributed by atoms with van der Waals surface area (Å²) < 4.78 is 5.50. The van der Waals surface area contributed by atoms with Gasteiger partial charge in [-0.25, -0.2) is 24.7 Å². The van der Waals surface area contributed by atoms with E-state index in [0.29, 0.717) is 52.9 Å². The van der Waals surface area contributed by atoms with Crippen molar-refractivity contribution in [3.05, 3.63) is 72.4 Å². The number of nitrogens with one attached hydrogen (secondary N) is 3. The van der Waals surface area contributed by atoms with Gasteiger partial charge in [-0.2, -0.15) is 4.98 Å². The van der Waals surface area contributed by atoms with Gasteiger partial charge in [0.15, 0.2) is 5.82 Å². The van der Waals surface area contributed by atoms with E-state index in [1.54, 1.807) is 36.8 Å². The Bertz CT molecular complexity index is 1380. The van der Waals surface area contributed by atoms with Crippen LogP contribution in [0.1, 0.15) is 28.9 Å². The van der Waals surface area contributed by atoms with Crippen molar-refractivity contribution < 1.29 is 9.53 Å². The number of ether oxygens (including phenoxy) is 1. The number of esters is 1. The first-order valence-electron chi connectivity index (χ1n) is 12.1. The van der Waals surface area contributed by atoms with Crippen molar-refractivity contribution in [3.63, 3.8) is 0 Å². The molecule has 11 heteroatoms. The Kier molecular flexibility index (Phi) is 7.51. The highest BCUT2D eigenvalue weighted by Crippen LogP contribution is 2.20. The van der Waals surface area contributed by atoms with Crippen molar-refractivity contribution in [2.75, 3.05) is 30.3 Å². The maximum atomic E-state index is 12.5. The maximum Gasteiger partial charge on any atom is 0.339 e. The van der Waals surface area contributed by atoms with Gasteiger partial charge in [-0.15, -0.1) is 0 Å². The Morgan fingerprint density at radius 3 is 2.76 bits per heavy atom. The number of rotatable bonds is 8. The highest BCUT2D eigenvalue weighted by Gasteiger charge is 2.16. The molecule has 1 aliphatic rings. The number of aryl methyl sites for hydroxylation is 1. The van der Waals surface area contributed by atoms with Crippen LogP contribution >= 0.6 is 0 Å². The third-order valence-corrected chi connectivity index (χ3v) is 5.76. The van der Waals surface area contributed by atoms with E-state index < -0.39 is 5.97 Å². The lowest BCUT2D eigenvalue weighted by molar-refractivity contribution is 0.0420. The molecule has 1 saturated heterocycles. The van der Waals surface area contributed by atoms with Crippen molar-refractivity contribution in [3.8, 4) is 11.5 Å². The Morgan fingerprint density at radius 1 is 1.05 bits per heavy atom. The average molecular weight is 498 g/mol. The molecule has 1 aliphatic heterocycles. The molecule has 0 radical (unpaired) electrons. The van der Waals surface area contributed by atoms with Crippen LogP contribution in [0.5, 0.6) is 0 Å². The van der Waals surface area contributed by atoms with Gasteiger partial charge in [-0.1, -0.05) is 6.07 Å². The molecule has 0 amide bonds. The zero-order valence-corrected chi connectivity index (χ0v) is 20.4. The average Bonchev–Trinajstić information content (AvgIpc) is 2.93. The van der Waals surface area contributed by atoms with Crippen molar-refractivity contribution in [2.24, 2.45) is 5.92 Å². The Balaban J connectivity index is 1.23. The van der Waals surface area contributed by atoms with Crippen LogP contribution in [0.2, 0.25) is 0 Å². The molecule has 5 rings (SSSR count). The minimum atomic E-state index is -0.402. The van der Waals surface area contributed by atoms with Crippen LogP contribution in [0.3, 0.4) is 0 Å². The maximum absolute atomic E-state index is 12.5. The molecule has 0 saturated carbocycles. The van der Waals surface area contributed by atoms with Gasteiger partial charge in [0.2, 0.25) is 5.95 Å². The number of hydrogen-bond donors (Lipinski definition) is 3. The zero-order chi connectivity index (χ0) is 25.5. The number of anilines is 4. The molecular weight excluding hydrogens is 470 g/mol. The summed E-state index contributed by atoms with van der Waals surface area (Å²) in [6, 6.07) is 10.8. The summed E-state index contributed by atoms with van der Waals surface area (Å²) >= 11 is 0. The molecule has 11 nitrogen and oxygen atoms in total. The van der Waals surface area contributed by atoms with Gasteiger partial charge in [-0.3, -0.25) is 4.98 Å². The molecule has 37 heavy (non-hydrogen) atoms. The first-order chi connectivity index (χ1) is 18.1. The van der Waals surface area contributed by atoms with Crippen molar-refractivity contribution in [2.45, 2.75) is 19.8 Å². The molecule has 0 spiro atoms. The Hall–Kier alpha value is -4.51. The van der Waals surface area contributed by atoms with Crippen molar-refractivity contribution in [1.82, 2.24) is 35.2 Å². The Morgan fingerprint density at radius 2 is 1.92 bits per heavy atom. The van der Waals surface area contributed by atoms with Crippen molar-refractivity contribution >= 4 is 29.2 Å². The minimum Gasteiger partial charge on any atom is -0.462 e. The summed E-state index contributed by atoms with van der Waals surface area (Å²) in [7, 11) is 0. The second-order valence-electron chi connectivity index (χ2n) is 8.72. The molecule has 188 valence electrons. The highest BCUT2D eigenvalue weighted by atomic mass is 16.5. The summed E-state index contributed by atoms with van der Waals surface area (Å²) in [5.74, 6) is 1.88. The number of pyridine rings is 2. The molecule has 3 N–H and O–H groups in total. The van der Waals surface area contributed by atoms with Gasteiger partial charge in [0, 0.05) is 36.7 Å². The highest BCUT2D eigenvalue weighted by molar-refractivity contribution is 5.90. The first-order valence-corrected chi connectivity index (χ1v) is 12.1. The van der Waals surface area contributed by atoms with Gasteiger partial charge in [0.1, 0.15) is 17.3 Å². The molecule has 0 bridgehead atoms. The molecular formula is C26H27N9O2. The number of carbonyl (C=O) groups is 1. The lowest BCUT2D eigenvalue weighted by Gasteiger charge is -2.22. The van der Waals surface area contributed by atoms with E-state index in [1.165, 1.54) is 6.20 Å². The monoisotopic (exact) mass is 497 g/mol. The Labute approximate surface area is 214 Å². The lowest BCUT2D eigenvalue weighted by Crippen LogP contribution is -2.32. The molecule has 4 aromatic heterocycles. The molecule has 0 aromatic carbocycles. The second-order valence-corrected chi connectivity index (χ2v) is 8.72. The first kappa shape index (κ1) is 24.2. The van der Waals surface area contributed by atoms with E-state index in [1.807, 2.05) is 25.1 Å². The fraction of sp³-hybridized carbons (Fsp3) is 0.269. The number of aromatic nitrogens is 6. The van der Waals surface area contributed by atoms with E-state index in [0.717, 1.165) is 31.6 Å². The standard InChI is InChI=1S/C26H27N9O2/c1-17-4-2-6-21(31-17)24-29-10-7-22(34-24)33-23-8-11-30-26(35-23)32-20-12-19(14-28-15-20)25(36)37-16-18-5-3-9-27-13-18/h2,4,6-8,10-12,14-15,18,27H,3,5,9,13,16H2,1H3,(H2,29,30,32,33,34,35)/t18-/m1/s1. The third-order valence-electron chi connectivity index (χ3n) is 5.76. The zero-order valence-electron chi connectivity index (χ0n) is 20.4. The van der Waals surface area contributed by atoms with Crippen LogP contribution in [-0.2, 0) is 4.74 Å². The molecule has 0 aliphatic carbocycles. The van der Waals surface area contributed by atoms with E-state index in [2.05, 4.69) is 45.9 Å². The quantitative estimate of drug-likeness (QED) is 0.307. The van der Waals surface area contributed by atoms with Crippen LogP contribution < -0.4 is 16.0 Å². The van der Waals surface area contributed by atoms with E-state index in [-0.39, 0.29) is 0 Å². The van der Waals surface area contributed by atoms with Gasteiger partial charge >= 0.3 is 5.97 Å². The van der Waals surface area contributed by atoms with E-state index >= 15 is 0 Å². The second kappa shape index (κ2) is 11.5. The number of piperidine rings is 1. The SMILES string of the molecule is Cc1cccc(-c2nccc(Nc3ccnc(Nc4cncc(C(=O)OC[C@@H]5CCCNC5)c4)n3)n2)n1. The topological polar surface area (TPSA) is 140 Å². The normalized spacial score (nSPS) is 15.1. The molecule has 1 fully saturated rings. The summed E-state index contributed by atoms with van der Waals surface area (Å²) in [4.78, 5) is 38.8. The summed E-state index contributed by atoms with van der Waals surface area (Å²) in [6.07, 6.45) is 8.51. The van der Waals surface area contributed by atoms with E-state index in [4.69, 9.17) is 4.74 Å². The van der Waals surface area contributed by atoms with Gasteiger partial charge in [0.05, 0.1) is 24.1 Å². The van der Waals surface area contributed by atoms with Crippen LogP contribution in [0, 0.1) is 12.8 Å². The van der Waals surface area contributed by atoms with E-state index in [9.17, 15) is 4.79 Å². The van der Waals surface area contributed by atoms with Gasteiger partial charge < -0.3 is 20.7 Å². The third kappa shape index (κ3) is 6.58. The molecule has 1 atom stereocenters. The fourth-order valence-corrected chi connectivity index (χ4v) is 3.93. The molecule has 0 unspecified atom stereocenters. The van der Waals surface area contributed by atoms with Gasteiger partial charge in [0.25, 0.3) is 0 Å². The number of carbonyl (C=O) groups excluding carboxylic acids is 1. The van der Waals surface area contributed by atoms with Crippen LogP contribution in [0.15, 0.2) is 61.2 Å². The van der Waals surface area contributed by atoms with Crippen LogP contribution in [0.4, 0.5) is 23.3 Å². The predicted molar refractivity (Wildman–Crippen MR) is 139 cm³/mol. The van der Waals surface area contributed by atoms with Crippen LogP contribution in [0.25, 0.3) is 11.5 Å². The summed E-state index contributed by atoms with van der Waals surface area (Å²) in [5, 5.41) is 9.58. The minimum absolute atomic E-state index is 0.334. The predicted octanol–water partition coefficient (Wildman–Crippen LogP) is 3.68. The van der Waals surface area contributed by atoms with Crippen LogP contribution in [-0.4, -0.2) is 55.6 Å². The smallest absolute Gasteiger partial charge is 0.339 e. The lowest BCUT2D eigenvalue weighted by atomic mass is 10.0.